The fourth-order valence-corrected chi connectivity index (χ4v) is 3.21. The zero-order chi connectivity index (χ0) is 20.4. The molecule has 28 heavy (non-hydrogen) atoms. The smallest absolute Gasteiger partial charge is 0.422 e. The number of likely N-dealkylation sites (tertiary alicyclic amines) is 1. The molecule has 0 aliphatic carbocycles. The van der Waals surface area contributed by atoms with E-state index in [1.807, 2.05) is 0 Å². The van der Waals surface area contributed by atoms with Crippen LogP contribution in [0, 0.1) is 0 Å². The van der Waals surface area contributed by atoms with Gasteiger partial charge in [0, 0.05) is 30.9 Å². The quantitative estimate of drug-likeness (QED) is 0.621. The molecule has 2 N–H and O–H groups in total. The molecule has 0 spiro atoms. The first-order valence-corrected chi connectivity index (χ1v) is 9.74. The minimum atomic E-state index is -4.44. The van der Waals surface area contributed by atoms with Crippen LogP contribution >= 0.6 is 0 Å². The number of rotatable bonds is 9. The first-order chi connectivity index (χ1) is 13.3. The molecule has 1 aliphatic heterocycles. The van der Waals surface area contributed by atoms with Gasteiger partial charge in [-0.25, -0.2) is 9.78 Å². The molecule has 1 aromatic heterocycles. The number of unbranched alkanes of at least 4 members (excludes halogenated alkanes) is 1. The number of hydrogen-bond acceptors (Lipinski definition) is 4. The van der Waals surface area contributed by atoms with Gasteiger partial charge in [-0.1, -0.05) is 12.5 Å². The maximum atomic E-state index is 12.3. The second-order valence-corrected chi connectivity index (χ2v) is 7.07. The van der Waals surface area contributed by atoms with Crippen molar-refractivity contribution in [1.82, 2.24) is 20.5 Å². The van der Waals surface area contributed by atoms with Crippen LogP contribution in [-0.4, -0.2) is 54.4 Å². The summed E-state index contributed by atoms with van der Waals surface area (Å²) in [6.07, 6.45) is 2.62. The number of hydrogen-bond donors (Lipinski definition) is 2. The minimum absolute atomic E-state index is 0.0398. The van der Waals surface area contributed by atoms with Crippen LogP contribution in [0.5, 0.6) is 5.88 Å². The molecule has 2 rings (SSSR count). The molecule has 6 nitrogen and oxygen atoms in total. The van der Waals surface area contributed by atoms with Crippen molar-refractivity contribution in [3.63, 3.8) is 0 Å². The van der Waals surface area contributed by atoms with Crippen LogP contribution in [0.25, 0.3) is 0 Å². The summed E-state index contributed by atoms with van der Waals surface area (Å²) in [7, 11) is 0. The van der Waals surface area contributed by atoms with Gasteiger partial charge in [0.15, 0.2) is 6.61 Å². The third kappa shape index (κ3) is 8.33. The first-order valence-electron chi connectivity index (χ1n) is 9.74. The maximum absolute atomic E-state index is 12.3. The van der Waals surface area contributed by atoms with E-state index >= 15 is 0 Å². The number of piperidine rings is 1. The molecule has 0 radical (unpaired) electrons. The Morgan fingerprint density at radius 1 is 1.32 bits per heavy atom. The summed E-state index contributed by atoms with van der Waals surface area (Å²) >= 11 is 0. The number of pyridine rings is 1. The third-order valence-corrected chi connectivity index (χ3v) is 4.76. The first kappa shape index (κ1) is 22.3. The Morgan fingerprint density at radius 2 is 2.14 bits per heavy atom. The molecule has 1 fully saturated rings. The van der Waals surface area contributed by atoms with Gasteiger partial charge in [-0.3, -0.25) is 0 Å². The van der Waals surface area contributed by atoms with E-state index in [1.165, 1.54) is 25.5 Å². The van der Waals surface area contributed by atoms with Crippen LogP contribution in [0.3, 0.4) is 0 Å². The zero-order valence-corrected chi connectivity index (χ0v) is 16.2. The highest BCUT2D eigenvalue weighted by Crippen LogP contribution is 2.20. The van der Waals surface area contributed by atoms with Crippen LogP contribution in [0.2, 0.25) is 0 Å². The van der Waals surface area contributed by atoms with E-state index in [1.54, 1.807) is 12.1 Å². The highest BCUT2D eigenvalue weighted by atomic mass is 19.4. The molecule has 0 bridgehead atoms. The normalized spacial score (nSPS) is 17.9. The lowest BCUT2D eigenvalue weighted by atomic mass is 10.0. The molecule has 0 saturated carbocycles. The molecule has 158 valence electrons. The summed E-state index contributed by atoms with van der Waals surface area (Å²) in [5, 5.41) is 5.39. The second kappa shape index (κ2) is 11.1. The Bertz CT molecular complexity index is 613. The van der Waals surface area contributed by atoms with Crippen molar-refractivity contribution in [2.45, 2.75) is 57.8 Å². The SMILES string of the molecule is CC1CCCCN1CCCCNC(=O)NCc1cccnc1OCC(F)(F)F. The van der Waals surface area contributed by atoms with Gasteiger partial charge in [0.25, 0.3) is 0 Å². The van der Waals surface area contributed by atoms with Gasteiger partial charge in [-0.2, -0.15) is 13.2 Å². The van der Waals surface area contributed by atoms with Crippen molar-refractivity contribution in [3.8, 4) is 5.88 Å². The maximum Gasteiger partial charge on any atom is 0.422 e. The van der Waals surface area contributed by atoms with Crippen LogP contribution in [0.1, 0.15) is 44.6 Å². The van der Waals surface area contributed by atoms with Crippen LogP contribution in [-0.2, 0) is 6.54 Å². The van der Waals surface area contributed by atoms with Crippen molar-refractivity contribution in [1.29, 1.82) is 0 Å². The number of nitrogens with one attached hydrogen (secondary N) is 2. The van der Waals surface area contributed by atoms with Gasteiger partial charge < -0.3 is 20.3 Å². The molecular weight excluding hydrogens is 373 g/mol. The summed E-state index contributed by atoms with van der Waals surface area (Å²) in [4.78, 5) is 18.2. The standard InChI is InChI=1S/C19H29F3N4O2/c1-15-7-2-4-11-26(15)12-5-3-9-24-18(27)25-13-16-8-6-10-23-17(16)28-14-19(20,21)22/h6,8,10,15H,2-5,7,9,11-14H2,1H3,(H2,24,25,27). The number of carbonyl (C=O) groups excluding carboxylic acids is 1. The number of nitrogens with zero attached hydrogens (tertiary/aromatic N) is 2. The Kier molecular flexibility index (Phi) is 8.82. The molecule has 1 unspecified atom stereocenters. The van der Waals surface area contributed by atoms with Crippen molar-refractivity contribution in [3.05, 3.63) is 23.9 Å². The number of halogens is 3. The fraction of sp³-hybridized carbons (Fsp3) is 0.684. The molecule has 1 saturated heterocycles. The minimum Gasteiger partial charge on any atom is -0.468 e. The lowest BCUT2D eigenvalue weighted by molar-refractivity contribution is -0.154. The third-order valence-electron chi connectivity index (χ3n) is 4.76. The fourth-order valence-electron chi connectivity index (χ4n) is 3.21. The van der Waals surface area contributed by atoms with Gasteiger partial charge in [0.1, 0.15) is 0 Å². The number of ether oxygens (including phenoxy) is 1. The molecule has 2 amide bonds. The van der Waals surface area contributed by atoms with E-state index in [-0.39, 0.29) is 18.5 Å². The van der Waals surface area contributed by atoms with Gasteiger partial charge in [-0.15, -0.1) is 0 Å². The number of urea groups is 1. The predicted octanol–water partition coefficient (Wildman–Crippen LogP) is 3.48. The Hall–Kier alpha value is -2.03. The molecule has 1 aliphatic rings. The average Bonchev–Trinajstić information content (AvgIpc) is 2.66. The Morgan fingerprint density at radius 3 is 2.89 bits per heavy atom. The van der Waals surface area contributed by atoms with Crippen molar-refractivity contribution in [2.75, 3.05) is 26.2 Å². The molecule has 2 heterocycles. The summed E-state index contributed by atoms with van der Waals surface area (Å²) in [5.41, 5.74) is 0.390. The topological polar surface area (TPSA) is 66.5 Å². The largest absolute Gasteiger partial charge is 0.468 e. The Balaban J connectivity index is 1.63. The molecule has 1 atom stereocenters. The monoisotopic (exact) mass is 402 g/mol. The van der Waals surface area contributed by atoms with E-state index in [0.29, 0.717) is 18.2 Å². The molecule has 9 heteroatoms. The van der Waals surface area contributed by atoms with Gasteiger partial charge in [0.2, 0.25) is 5.88 Å². The number of aromatic nitrogens is 1. The summed E-state index contributed by atoms with van der Waals surface area (Å²) in [6.45, 7) is 3.63. The summed E-state index contributed by atoms with van der Waals surface area (Å²) in [5.74, 6) is -0.129. The van der Waals surface area contributed by atoms with E-state index in [2.05, 4.69) is 27.4 Å². The zero-order valence-electron chi connectivity index (χ0n) is 16.2. The molecular formula is C19H29F3N4O2. The lowest BCUT2D eigenvalue weighted by Crippen LogP contribution is -2.39. The van der Waals surface area contributed by atoms with Gasteiger partial charge >= 0.3 is 12.2 Å². The number of carbonyl (C=O) groups is 1. The Labute approximate surface area is 163 Å². The highest BCUT2D eigenvalue weighted by molar-refractivity contribution is 5.73. The van der Waals surface area contributed by atoms with E-state index in [9.17, 15) is 18.0 Å². The predicted molar refractivity (Wildman–Crippen MR) is 100 cm³/mol. The number of amides is 2. The second-order valence-electron chi connectivity index (χ2n) is 7.07. The van der Waals surface area contributed by atoms with Crippen LogP contribution < -0.4 is 15.4 Å². The van der Waals surface area contributed by atoms with Crippen LogP contribution in [0.4, 0.5) is 18.0 Å². The van der Waals surface area contributed by atoms with Gasteiger partial charge in [-0.05, 0) is 51.8 Å². The van der Waals surface area contributed by atoms with Gasteiger partial charge in [0.05, 0.1) is 0 Å². The van der Waals surface area contributed by atoms with Crippen molar-refractivity contribution < 1.29 is 22.7 Å². The number of alkyl halides is 3. The van der Waals surface area contributed by atoms with Crippen molar-refractivity contribution in [2.24, 2.45) is 0 Å². The van der Waals surface area contributed by atoms with Crippen molar-refractivity contribution >= 4 is 6.03 Å². The van der Waals surface area contributed by atoms with E-state index < -0.39 is 12.8 Å². The van der Waals surface area contributed by atoms with E-state index in [0.717, 1.165) is 25.9 Å². The van der Waals surface area contributed by atoms with E-state index in [4.69, 9.17) is 4.74 Å². The molecule has 1 aromatic rings. The highest BCUT2D eigenvalue weighted by Gasteiger charge is 2.29. The molecule has 0 aromatic carbocycles. The van der Waals surface area contributed by atoms with Crippen LogP contribution in [0.15, 0.2) is 18.3 Å². The lowest BCUT2D eigenvalue weighted by Gasteiger charge is -2.33. The summed E-state index contributed by atoms with van der Waals surface area (Å²) < 4.78 is 41.6. The summed E-state index contributed by atoms with van der Waals surface area (Å²) in [6, 6.07) is 3.42. The average molecular weight is 402 g/mol.